The Morgan fingerprint density at radius 1 is 1.18 bits per heavy atom. The number of hydrogen-bond donors (Lipinski definition) is 2. The molecule has 0 aromatic heterocycles. The molecule has 1 aliphatic rings. The van der Waals surface area contributed by atoms with Crippen LogP contribution in [0.2, 0.25) is 0 Å². The first-order valence-corrected chi connectivity index (χ1v) is 9.65. The lowest BCUT2D eigenvalue weighted by Crippen LogP contribution is -2.28. The highest BCUT2D eigenvalue weighted by molar-refractivity contribution is 8.15. The number of carbonyl (C=O) groups excluding carboxylic acids is 2. The number of nitrogens with one attached hydrogen (secondary N) is 2. The highest BCUT2D eigenvalue weighted by Crippen LogP contribution is 2.23. The molecule has 142 valence electrons. The van der Waals surface area contributed by atoms with Gasteiger partial charge >= 0.3 is 0 Å². The van der Waals surface area contributed by atoms with Gasteiger partial charge in [-0.2, -0.15) is 5.10 Å². The summed E-state index contributed by atoms with van der Waals surface area (Å²) in [6.07, 6.45) is 5.29. The maximum atomic E-state index is 12.2. The van der Waals surface area contributed by atoms with Crippen molar-refractivity contribution >= 4 is 46.7 Å². The van der Waals surface area contributed by atoms with Crippen LogP contribution < -0.4 is 10.6 Å². The van der Waals surface area contributed by atoms with E-state index in [2.05, 4.69) is 20.8 Å². The molecule has 1 fully saturated rings. The fraction of sp³-hybridized carbons (Fsp3) is 0.143. The number of amides is 2. The summed E-state index contributed by atoms with van der Waals surface area (Å²) in [4.78, 5) is 24.3. The zero-order valence-corrected chi connectivity index (χ0v) is 16.1. The SMILES string of the molecule is Cc1ccccc1NC(=O)CC1S/C(=N/N=C/C=C/c2ccccc2)NC1=O. The highest BCUT2D eigenvalue weighted by atomic mass is 32.2. The van der Waals surface area contributed by atoms with Crippen molar-refractivity contribution in [3.63, 3.8) is 0 Å². The van der Waals surface area contributed by atoms with E-state index in [1.54, 1.807) is 12.3 Å². The molecule has 3 rings (SSSR count). The average molecular weight is 392 g/mol. The second-order valence-corrected chi connectivity index (χ2v) is 7.29. The minimum atomic E-state index is -0.516. The lowest BCUT2D eigenvalue weighted by molar-refractivity contribution is -0.122. The second-order valence-electron chi connectivity index (χ2n) is 6.10. The predicted molar refractivity (Wildman–Crippen MR) is 115 cm³/mol. The van der Waals surface area contributed by atoms with E-state index < -0.39 is 5.25 Å². The highest BCUT2D eigenvalue weighted by Gasteiger charge is 2.32. The standard InChI is InChI=1S/C21H20N4O2S/c1-15-8-5-6-12-17(15)23-19(26)14-18-20(27)24-21(28-18)25-22-13-7-11-16-9-3-2-4-10-16/h2-13,18H,14H2,1H3,(H,23,26)(H,24,25,27)/b11-7+,22-13+. The van der Waals surface area contributed by atoms with Crippen molar-refractivity contribution in [2.45, 2.75) is 18.6 Å². The van der Waals surface area contributed by atoms with Gasteiger partial charge in [0.25, 0.3) is 0 Å². The maximum Gasteiger partial charge on any atom is 0.240 e. The molecule has 0 radical (unpaired) electrons. The number of aryl methyl sites for hydroxylation is 1. The number of para-hydroxylation sites is 1. The third-order valence-corrected chi connectivity index (χ3v) is 5.03. The number of rotatable bonds is 6. The molecule has 7 heteroatoms. The Balaban J connectivity index is 1.51. The summed E-state index contributed by atoms with van der Waals surface area (Å²) in [6, 6.07) is 17.3. The molecular weight excluding hydrogens is 372 g/mol. The Bertz CT molecular complexity index is 938. The molecule has 2 N–H and O–H groups in total. The summed E-state index contributed by atoms with van der Waals surface area (Å²) >= 11 is 1.21. The third kappa shape index (κ3) is 5.65. The van der Waals surface area contributed by atoms with Gasteiger partial charge in [0.05, 0.1) is 0 Å². The first kappa shape index (κ1) is 19.6. The van der Waals surface area contributed by atoms with Crippen LogP contribution in [0, 0.1) is 6.92 Å². The molecule has 6 nitrogen and oxygen atoms in total. The Labute approximate surface area is 167 Å². The molecule has 2 aromatic carbocycles. The maximum absolute atomic E-state index is 12.2. The molecule has 1 unspecified atom stereocenters. The van der Waals surface area contributed by atoms with E-state index in [4.69, 9.17) is 0 Å². The lowest BCUT2D eigenvalue weighted by atomic mass is 10.2. The van der Waals surface area contributed by atoms with Crippen LogP contribution in [0.1, 0.15) is 17.5 Å². The van der Waals surface area contributed by atoms with Crippen LogP contribution in [0.25, 0.3) is 6.08 Å². The van der Waals surface area contributed by atoms with E-state index in [9.17, 15) is 9.59 Å². The molecule has 28 heavy (non-hydrogen) atoms. The molecule has 1 atom stereocenters. The first-order chi connectivity index (χ1) is 13.6. The topological polar surface area (TPSA) is 82.9 Å². The average Bonchev–Trinajstić information content (AvgIpc) is 3.03. The summed E-state index contributed by atoms with van der Waals surface area (Å²) < 4.78 is 0. The van der Waals surface area contributed by atoms with Gasteiger partial charge in [0, 0.05) is 18.3 Å². The smallest absolute Gasteiger partial charge is 0.240 e. The number of allylic oxidation sites excluding steroid dienone is 1. The Kier molecular flexibility index (Phi) is 6.75. The van der Waals surface area contributed by atoms with Crippen LogP contribution in [0.4, 0.5) is 5.69 Å². The van der Waals surface area contributed by atoms with Crippen LogP contribution in [0.5, 0.6) is 0 Å². The largest absolute Gasteiger partial charge is 0.326 e. The predicted octanol–water partition coefficient (Wildman–Crippen LogP) is 3.61. The first-order valence-electron chi connectivity index (χ1n) is 8.77. The van der Waals surface area contributed by atoms with E-state index in [0.29, 0.717) is 5.17 Å². The Morgan fingerprint density at radius 3 is 2.71 bits per heavy atom. The van der Waals surface area contributed by atoms with Gasteiger partial charge in [-0.25, -0.2) is 0 Å². The molecule has 1 heterocycles. The van der Waals surface area contributed by atoms with E-state index in [1.165, 1.54) is 11.8 Å². The van der Waals surface area contributed by atoms with Crippen molar-refractivity contribution in [3.8, 4) is 0 Å². The van der Waals surface area contributed by atoms with E-state index in [1.807, 2.05) is 67.6 Å². The van der Waals surface area contributed by atoms with Gasteiger partial charge < -0.3 is 10.6 Å². The van der Waals surface area contributed by atoms with Gasteiger partial charge in [-0.1, -0.05) is 66.4 Å². The van der Waals surface area contributed by atoms with Crippen molar-refractivity contribution in [2.24, 2.45) is 10.2 Å². The van der Waals surface area contributed by atoms with Crippen molar-refractivity contribution in [2.75, 3.05) is 5.32 Å². The van der Waals surface area contributed by atoms with Gasteiger partial charge in [0.2, 0.25) is 11.8 Å². The van der Waals surface area contributed by atoms with E-state index >= 15 is 0 Å². The number of nitrogens with zero attached hydrogens (tertiary/aromatic N) is 2. The Morgan fingerprint density at radius 2 is 1.93 bits per heavy atom. The van der Waals surface area contributed by atoms with E-state index in [-0.39, 0.29) is 18.2 Å². The fourth-order valence-corrected chi connectivity index (χ4v) is 3.44. The van der Waals surface area contributed by atoms with Gasteiger partial charge in [-0.05, 0) is 30.2 Å². The van der Waals surface area contributed by atoms with Crippen LogP contribution >= 0.6 is 11.8 Å². The Hall–Kier alpha value is -3.19. The third-order valence-electron chi connectivity index (χ3n) is 3.96. The summed E-state index contributed by atoms with van der Waals surface area (Å²) in [5, 5.41) is 13.3. The molecule has 0 spiro atoms. The van der Waals surface area contributed by atoms with Gasteiger partial charge in [-0.3, -0.25) is 9.59 Å². The molecule has 0 bridgehead atoms. The summed E-state index contributed by atoms with van der Waals surface area (Å²) in [6.45, 7) is 1.92. The minimum Gasteiger partial charge on any atom is -0.326 e. The number of carbonyl (C=O) groups is 2. The second kappa shape index (κ2) is 9.66. The van der Waals surface area contributed by atoms with Crippen molar-refractivity contribution < 1.29 is 9.59 Å². The summed E-state index contributed by atoms with van der Waals surface area (Å²) in [5.41, 5.74) is 2.78. The van der Waals surface area contributed by atoms with E-state index in [0.717, 1.165) is 16.8 Å². The van der Waals surface area contributed by atoms with Crippen LogP contribution in [-0.2, 0) is 9.59 Å². The summed E-state index contributed by atoms with van der Waals surface area (Å²) in [5.74, 6) is -0.448. The monoisotopic (exact) mass is 392 g/mol. The zero-order chi connectivity index (χ0) is 19.8. The van der Waals surface area contributed by atoms with Gasteiger partial charge in [0.1, 0.15) is 5.25 Å². The zero-order valence-electron chi connectivity index (χ0n) is 15.3. The summed E-state index contributed by atoms with van der Waals surface area (Å²) in [7, 11) is 0. The van der Waals surface area contributed by atoms with Gasteiger partial charge in [0.15, 0.2) is 5.17 Å². The lowest BCUT2D eigenvalue weighted by Gasteiger charge is -2.09. The number of amidine groups is 1. The molecule has 0 aliphatic carbocycles. The van der Waals surface area contributed by atoms with Gasteiger partial charge in [-0.15, -0.1) is 5.10 Å². The molecule has 0 saturated carbocycles. The number of benzene rings is 2. The van der Waals surface area contributed by atoms with Crippen molar-refractivity contribution in [1.29, 1.82) is 0 Å². The molecule has 1 aliphatic heterocycles. The van der Waals surface area contributed by atoms with Crippen molar-refractivity contribution in [1.82, 2.24) is 5.32 Å². The van der Waals surface area contributed by atoms with Crippen LogP contribution in [0.15, 0.2) is 70.9 Å². The molecule has 2 amide bonds. The minimum absolute atomic E-state index is 0.0709. The number of hydrogen-bond acceptors (Lipinski definition) is 5. The normalized spacial score (nSPS) is 18.1. The number of anilines is 1. The molecule has 2 aromatic rings. The quantitative estimate of drug-likeness (QED) is 0.582. The van der Waals surface area contributed by atoms with Crippen LogP contribution in [0.3, 0.4) is 0 Å². The fourth-order valence-electron chi connectivity index (χ4n) is 2.51. The van der Waals surface area contributed by atoms with Crippen molar-refractivity contribution in [3.05, 3.63) is 71.8 Å². The number of thioether (sulfide) groups is 1. The molecular formula is C21H20N4O2S. The van der Waals surface area contributed by atoms with Crippen LogP contribution in [-0.4, -0.2) is 28.4 Å². The molecule has 1 saturated heterocycles.